The molecule has 104 valence electrons. The number of amides is 3. The topological polar surface area (TPSA) is 98.5 Å². The van der Waals surface area contributed by atoms with Crippen LogP contribution in [0.1, 0.15) is 40.0 Å². The van der Waals surface area contributed by atoms with Crippen molar-refractivity contribution in [1.82, 2.24) is 5.32 Å². The Morgan fingerprint density at radius 1 is 1.33 bits per heavy atom. The van der Waals surface area contributed by atoms with Crippen molar-refractivity contribution < 1.29 is 19.1 Å². The van der Waals surface area contributed by atoms with Gasteiger partial charge in [-0.3, -0.25) is 14.9 Å². The smallest absolute Gasteiger partial charge is 0.321 e. The molecule has 0 aromatic carbocycles. The van der Waals surface area contributed by atoms with Crippen LogP contribution in [0.25, 0.3) is 0 Å². The summed E-state index contributed by atoms with van der Waals surface area (Å²) in [5.74, 6) is -0.989. The molecule has 1 unspecified atom stereocenters. The van der Waals surface area contributed by atoms with Crippen LogP contribution in [0.2, 0.25) is 0 Å². The van der Waals surface area contributed by atoms with E-state index < -0.39 is 23.3 Å². The Morgan fingerprint density at radius 3 is 2.22 bits per heavy atom. The summed E-state index contributed by atoms with van der Waals surface area (Å²) in [7, 11) is 1.22. The average molecular weight is 258 g/mol. The summed E-state index contributed by atoms with van der Waals surface area (Å²) in [6, 6.07) is -0.966. The molecule has 0 aromatic heterocycles. The molecule has 0 saturated heterocycles. The van der Waals surface area contributed by atoms with Gasteiger partial charge in [-0.1, -0.05) is 20.8 Å². The van der Waals surface area contributed by atoms with E-state index in [0.29, 0.717) is 18.8 Å². The van der Waals surface area contributed by atoms with Gasteiger partial charge < -0.3 is 10.5 Å². The van der Waals surface area contributed by atoms with Gasteiger partial charge >= 0.3 is 12.0 Å². The number of esters is 1. The number of carbonyl (C=O) groups is 3. The molecule has 0 radical (unpaired) electrons. The van der Waals surface area contributed by atoms with Crippen molar-refractivity contribution in [3.05, 3.63) is 0 Å². The predicted molar refractivity (Wildman–Crippen MR) is 66.5 cm³/mol. The van der Waals surface area contributed by atoms with Gasteiger partial charge in [-0.2, -0.15) is 0 Å². The maximum absolute atomic E-state index is 12.0. The molecule has 3 N–H and O–H groups in total. The van der Waals surface area contributed by atoms with Crippen molar-refractivity contribution in [1.29, 1.82) is 0 Å². The van der Waals surface area contributed by atoms with Crippen LogP contribution in [-0.2, 0) is 14.3 Å². The van der Waals surface area contributed by atoms with Gasteiger partial charge in [-0.05, 0) is 25.2 Å². The number of rotatable bonds is 6. The van der Waals surface area contributed by atoms with Crippen LogP contribution in [0.4, 0.5) is 4.79 Å². The zero-order valence-corrected chi connectivity index (χ0v) is 11.4. The summed E-state index contributed by atoms with van der Waals surface area (Å²) in [5.41, 5.74) is 3.58. The van der Waals surface area contributed by atoms with Gasteiger partial charge in [0, 0.05) is 0 Å². The van der Waals surface area contributed by atoms with E-state index in [0.717, 1.165) is 0 Å². The molecule has 0 rings (SSSR count). The molecule has 18 heavy (non-hydrogen) atoms. The lowest BCUT2D eigenvalue weighted by Crippen LogP contribution is -2.50. The van der Waals surface area contributed by atoms with Crippen LogP contribution in [0.3, 0.4) is 0 Å². The molecule has 3 amide bonds. The fraction of sp³-hybridized carbons (Fsp3) is 0.750. The minimum Gasteiger partial charge on any atom is -0.468 e. The minimum atomic E-state index is -1.34. The zero-order chi connectivity index (χ0) is 14.3. The van der Waals surface area contributed by atoms with Crippen LogP contribution in [0.5, 0.6) is 0 Å². The van der Waals surface area contributed by atoms with Gasteiger partial charge in [0.2, 0.25) is 5.91 Å². The monoisotopic (exact) mass is 258 g/mol. The lowest BCUT2D eigenvalue weighted by atomic mass is 9.78. The van der Waals surface area contributed by atoms with Gasteiger partial charge in [0.1, 0.15) is 5.41 Å². The Kier molecular flexibility index (Phi) is 6.36. The number of urea groups is 1. The molecule has 1 atom stereocenters. The lowest BCUT2D eigenvalue weighted by molar-refractivity contribution is -0.159. The van der Waals surface area contributed by atoms with Crippen molar-refractivity contribution >= 4 is 17.9 Å². The maximum atomic E-state index is 12.0. The molecule has 0 fully saturated rings. The first-order valence-electron chi connectivity index (χ1n) is 5.99. The number of ether oxygens (including phenoxy) is 1. The van der Waals surface area contributed by atoms with E-state index in [1.165, 1.54) is 7.11 Å². The van der Waals surface area contributed by atoms with Gasteiger partial charge in [0.05, 0.1) is 7.11 Å². The number of hydrogen-bond donors (Lipinski definition) is 2. The van der Waals surface area contributed by atoms with E-state index >= 15 is 0 Å². The van der Waals surface area contributed by atoms with Crippen LogP contribution >= 0.6 is 0 Å². The first-order chi connectivity index (χ1) is 8.30. The Hall–Kier alpha value is -1.59. The average Bonchev–Trinajstić information content (AvgIpc) is 2.28. The summed E-state index contributed by atoms with van der Waals surface area (Å²) in [6.07, 6.45) is 1.26. The molecular formula is C12H22N2O4. The van der Waals surface area contributed by atoms with Crippen LogP contribution in [-0.4, -0.2) is 25.0 Å². The highest BCUT2D eigenvalue weighted by Gasteiger charge is 2.45. The van der Waals surface area contributed by atoms with E-state index in [4.69, 9.17) is 5.73 Å². The SMILES string of the molecule is CCC(CCC(C)C)(C(=O)NC(N)=O)C(=O)OC. The Bertz CT molecular complexity index is 328. The van der Waals surface area contributed by atoms with Gasteiger partial charge in [-0.25, -0.2) is 4.79 Å². The zero-order valence-electron chi connectivity index (χ0n) is 11.4. The lowest BCUT2D eigenvalue weighted by Gasteiger charge is -2.28. The molecule has 6 heteroatoms. The maximum Gasteiger partial charge on any atom is 0.321 e. The molecule has 0 bridgehead atoms. The van der Waals surface area contributed by atoms with E-state index in [1.807, 2.05) is 19.2 Å². The second kappa shape index (κ2) is 6.98. The van der Waals surface area contributed by atoms with E-state index in [2.05, 4.69) is 4.74 Å². The van der Waals surface area contributed by atoms with Crippen LogP contribution in [0.15, 0.2) is 0 Å². The molecule has 0 saturated carbocycles. The molecule has 0 aliphatic heterocycles. The highest BCUT2D eigenvalue weighted by Crippen LogP contribution is 2.31. The molecule has 6 nitrogen and oxygen atoms in total. The number of hydrogen-bond acceptors (Lipinski definition) is 4. The molecule has 0 spiro atoms. The Balaban J connectivity index is 5.15. The van der Waals surface area contributed by atoms with Gasteiger partial charge in [0.25, 0.3) is 0 Å². The molecule has 0 aliphatic carbocycles. The van der Waals surface area contributed by atoms with Crippen molar-refractivity contribution in [2.45, 2.75) is 40.0 Å². The summed E-state index contributed by atoms with van der Waals surface area (Å²) in [5, 5.41) is 1.97. The Labute approximate surface area is 107 Å². The molecule has 0 heterocycles. The van der Waals surface area contributed by atoms with Crippen molar-refractivity contribution in [3.8, 4) is 0 Å². The van der Waals surface area contributed by atoms with Crippen molar-refractivity contribution in [2.24, 2.45) is 17.1 Å². The first kappa shape index (κ1) is 16.4. The van der Waals surface area contributed by atoms with E-state index in [-0.39, 0.29) is 6.42 Å². The quantitative estimate of drug-likeness (QED) is 0.552. The van der Waals surface area contributed by atoms with Crippen LogP contribution in [0, 0.1) is 11.3 Å². The minimum absolute atomic E-state index is 0.255. The highest BCUT2D eigenvalue weighted by atomic mass is 16.5. The summed E-state index contributed by atoms with van der Waals surface area (Å²) < 4.78 is 4.69. The molecular weight excluding hydrogens is 236 g/mol. The molecule has 0 aliphatic rings. The van der Waals surface area contributed by atoms with Crippen molar-refractivity contribution in [3.63, 3.8) is 0 Å². The molecule has 0 aromatic rings. The number of nitrogens with one attached hydrogen (secondary N) is 1. The second-order valence-corrected chi connectivity index (χ2v) is 4.68. The Morgan fingerprint density at radius 2 is 1.89 bits per heavy atom. The van der Waals surface area contributed by atoms with E-state index in [9.17, 15) is 14.4 Å². The number of imide groups is 1. The number of carbonyl (C=O) groups excluding carboxylic acids is 3. The van der Waals surface area contributed by atoms with E-state index in [1.54, 1.807) is 6.92 Å². The fourth-order valence-electron chi connectivity index (χ4n) is 1.75. The van der Waals surface area contributed by atoms with Crippen molar-refractivity contribution in [2.75, 3.05) is 7.11 Å². The number of primary amides is 1. The summed E-state index contributed by atoms with van der Waals surface area (Å²) >= 11 is 0. The fourth-order valence-corrected chi connectivity index (χ4v) is 1.75. The summed E-state index contributed by atoms with van der Waals surface area (Å²) in [4.78, 5) is 34.6. The third-order valence-corrected chi connectivity index (χ3v) is 3.00. The first-order valence-corrected chi connectivity index (χ1v) is 5.99. The van der Waals surface area contributed by atoms with Gasteiger partial charge in [0.15, 0.2) is 0 Å². The number of nitrogens with two attached hydrogens (primary N) is 1. The summed E-state index contributed by atoms with van der Waals surface area (Å²) in [6.45, 7) is 5.69. The second-order valence-electron chi connectivity index (χ2n) is 4.68. The standard InChI is InChI=1S/C12H22N2O4/c1-5-12(10(16)18-4,7-6-8(2)3)9(15)14-11(13)17/h8H,5-7H2,1-4H3,(H3,13,14,15,17). The number of methoxy groups -OCH3 is 1. The third kappa shape index (κ3) is 4.01. The van der Waals surface area contributed by atoms with Crippen LogP contribution < -0.4 is 11.1 Å². The largest absolute Gasteiger partial charge is 0.468 e. The third-order valence-electron chi connectivity index (χ3n) is 3.00. The normalized spacial score (nSPS) is 13.8. The highest BCUT2D eigenvalue weighted by molar-refractivity contribution is 6.08. The van der Waals surface area contributed by atoms with Gasteiger partial charge in [-0.15, -0.1) is 0 Å². The predicted octanol–water partition coefficient (Wildman–Crippen LogP) is 1.19.